The molecular formula is C25H31FN4OS. The first-order valence-electron chi connectivity index (χ1n) is 11.2. The van der Waals surface area contributed by atoms with E-state index in [-0.39, 0.29) is 11.7 Å². The van der Waals surface area contributed by atoms with Gasteiger partial charge in [-0.2, -0.15) is 16.6 Å². The molecule has 5 nitrogen and oxygen atoms in total. The van der Waals surface area contributed by atoms with Crippen LogP contribution in [0.1, 0.15) is 31.6 Å². The van der Waals surface area contributed by atoms with Gasteiger partial charge in [0.2, 0.25) is 5.00 Å². The molecule has 0 amide bonds. The Bertz CT molecular complexity index is 938. The number of hydrogen-bond donors (Lipinski definition) is 0. The van der Waals surface area contributed by atoms with E-state index in [9.17, 15) is 9.65 Å². The van der Waals surface area contributed by atoms with Gasteiger partial charge in [-0.25, -0.2) is 9.24 Å². The number of benzene rings is 1. The summed E-state index contributed by atoms with van der Waals surface area (Å²) in [6.07, 6.45) is 1.77. The number of piperazine rings is 1. The molecule has 1 aliphatic rings. The predicted octanol–water partition coefficient (Wildman–Crippen LogP) is 5.33. The van der Waals surface area contributed by atoms with E-state index < -0.39 is 5.41 Å². The molecule has 1 aromatic carbocycles. The first kappa shape index (κ1) is 24.2. The number of rotatable bonds is 10. The van der Waals surface area contributed by atoms with Crippen LogP contribution in [0.2, 0.25) is 0 Å². The third-order valence-corrected chi connectivity index (χ3v) is 7.48. The number of halogens is 1. The lowest BCUT2D eigenvalue weighted by molar-refractivity contribution is 0.114. The summed E-state index contributed by atoms with van der Waals surface area (Å²) in [5.74, 6) is 0.644. The number of ether oxygens (including phenoxy) is 1. The molecule has 3 rings (SSSR count). The third-order valence-electron chi connectivity index (χ3n) is 6.33. The van der Waals surface area contributed by atoms with Gasteiger partial charge in [-0.3, -0.25) is 4.90 Å². The molecule has 1 saturated heterocycles. The Morgan fingerprint density at radius 3 is 2.34 bits per heavy atom. The molecule has 1 atom stereocenters. The van der Waals surface area contributed by atoms with Crippen molar-refractivity contribution >= 4 is 16.3 Å². The summed E-state index contributed by atoms with van der Waals surface area (Å²) in [7, 11) is 0. The Hall–Kier alpha value is -2.45. The van der Waals surface area contributed by atoms with Crippen molar-refractivity contribution in [1.82, 2.24) is 9.80 Å². The van der Waals surface area contributed by atoms with Crippen molar-refractivity contribution in [2.75, 3.05) is 45.9 Å². The smallest absolute Gasteiger partial charge is 0.241 e. The van der Waals surface area contributed by atoms with Crippen molar-refractivity contribution in [1.29, 1.82) is 5.26 Å². The van der Waals surface area contributed by atoms with Gasteiger partial charge in [0.05, 0.1) is 18.1 Å². The Labute approximate surface area is 194 Å². The van der Waals surface area contributed by atoms with Gasteiger partial charge in [-0.05, 0) is 55.6 Å². The van der Waals surface area contributed by atoms with Crippen LogP contribution < -0.4 is 4.74 Å². The summed E-state index contributed by atoms with van der Waals surface area (Å²) in [5, 5.41) is 10.7. The maximum absolute atomic E-state index is 13.0. The van der Waals surface area contributed by atoms with Gasteiger partial charge in [0.15, 0.2) is 0 Å². The third kappa shape index (κ3) is 6.07. The Kier molecular flexibility index (Phi) is 8.64. The van der Waals surface area contributed by atoms with Crippen molar-refractivity contribution < 1.29 is 9.13 Å². The minimum Gasteiger partial charge on any atom is -0.492 e. The summed E-state index contributed by atoms with van der Waals surface area (Å²) in [5.41, 5.74) is -0.521. The fraction of sp³-hybridized carbons (Fsp3) is 0.520. The van der Waals surface area contributed by atoms with Crippen LogP contribution in [-0.2, 0) is 5.41 Å². The topological polar surface area (TPSA) is 43.9 Å². The van der Waals surface area contributed by atoms with Crippen LogP contribution in [0.3, 0.4) is 0 Å². The number of nitrogens with zero attached hydrogens (tertiary/aromatic N) is 4. The molecular weight excluding hydrogens is 423 g/mol. The Morgan fingerprint density at radius 2 is 1.78 bits per heavy atom. The van der Waals surface area contributed by atoms with Crippen molar-refractivity contribution in [3.63, 3.8) is 0 Å². The lowest BCUT2D eigenvalue weighted by Gasteiger charge is -2.36. The van der Waals surface area contributed by atoms with Crippen LogP contribution in [0.4, 0.5) is 9.39 Å². The Balaban J connectivity index is 1.41. The predicted molar refractivity (Wildman–Crippen MR) is 127 cm³/mol. The highest BCUT2D eigenvalue weighted by molar-refractivity contribution is 7.16. The van der Waals surface area contributed by atoms with E-state index in [4.69, 9.17) is 11.3 Å². The summed E-state index contributed by atoms with van der Waals surface area (Å²) in [6.45, 7) is 17.9. The largest absolute Gasteiger partial charge is 0.492 e. The number of hydrogen-bond acceptors (Lipinski definition) is 5. The summed E-state index contributed by atoms with van der Waals surface area (Å²) in [4.78, 5) is 9.41. The van der Waals surface area contributed by atoms with Crippen LogP contribution in [0.15, 0.2) is 36.4 Å². The van der Waals surface area contributed by atoms with Gasteiger partial charge in [-0.15, -0.1) is 0 Å². The van der Waals surface area contributed by atoms with E-state index in [1.54, 1.807) is 12.1 Å². The summed E-state index contributed by atoms with van der Waals surface area (Å²) >= 11 is 1.46. The second kappa shape index (κ2) is 11.4. The molecule has 2 heterocycles. The van der Waals surface area contributed by atoms with Crippen LogP contribution in [0, 0.1) is 29.6 Å². The zero-order chi connectivity index (χ0) is 23.0. The average molecular weight is 455 g/mol. The minimum absolute atomic E-state index is 0.197. The van der Waals surface area contributed by atoms with Gasteiger partial charge in [0.25, 0.3) is 0 Å². The van der Waals surface area contributed by atoms with Gasteiger partial charge in [-0.1, -0.05) is 19.9 Å². The van der Waals surface area contributed by atoms with E-state index >= 15 is 0 Å². The molecule has 0 N–H and O–H groups in total. The van der Waals surface area contributed by atoms with Crippen molar-refractivity contribution in [3.8, 4) is 11.8 Å². The zero-order valence-electron chi connectivity index (χ0n) is 18.9. The molecule has 1 fully saturated rings. The highest BCUT2D eigenvalue weighted by Gasteiger charge is 2.37. The Morgan fingerprint density at radius 1 is 1.12 bits per heavy atom. The van der Waals surface area contributed by atoms with Gasteiger partial charge < -0.3 is 9.64 Å². The van der Waals surface area contributed by atoms with Crippen LogP contribution in [0.25, 0.3) is 4.85 Å². The number of nitriles is 1. The van der Waals surface area contributed by atoms with Crippen molar-refractivity contribution in [3.05, 3.63) is 58.5 Å². The second-order valence-electron chi connectivity index (χ2n) is 8.58. The van der Waals surface area contributed by atoms with Gasteiger partial charge in [0, 0.05) is 37.6 Å². The number of thiophene rings is 1. The van der Waals surface area contributed by atoms with E-state index in [2.05, 4.69) is 34.6 Å². The van der Waals surface area contributed by atoms with Crippen LogP contribution >= 0.6 is 11.3 Å². The van der Waals surface area contributed by atoms with Crippen molar-refractivity contribution in [2.24, 2.45) is 5.92 Å². The average Bonchev–Trinajstić information content (AvgIpc) is 3.29. The lowest BCUT2D eigenvalue weighted by Crippen LogP contribution is -2.47. The molecule has 32 heavy (non-hydrogen) atoms. The second-order valence-corrected chi connectivity index (χ2v) is 9.64. The van der Waals surface area contributed by atoms with Crippen molar-refractivity contribution in [2.45, 2.75) is 32.1 Å². The molecule has 1 aromatic heterocycles. The molecule has 1 unspecified atom stereocenters. The fourth-order valence-corrected chi connectivity index (χ4v) is 5.31. The zero-order valence-corrected chi connectivity index (χ0v) is 19.7. The highest BCUT2D eigenvalue weighted by Crippen LogP contribution is 2.42. The standard InChI is InChI=1S/C25H31FN4OS/c1-20(2)25(19-27,23-9-10-24(28-3)32-23)11-4-12-29-13-15-30(16-14-29)17-18-31-22-7-5-21(26)6-8-22/h5-10,20H,4,11-18H2,1-2H3. The van der Waals surface area contributed by atoms with Gasteiger partial charge >= 0.3 is 0 Å². The lowest BCUT2D eigenvalue weighted by atomic mass is 9.73. The minimum atomic E-state index is -0.521. The molecule has 0 radical (unpaired) electrons. The summed E-state index contributed by atoms with van der Waals surface area (Å²) < 4.78 is 18.7. The molecule has 170 valence electrons. The maximum atomic E-state index is 13.0. The van der Waals surface area contributed by atoms with Crippen LogP contribution in [0.5, 0.6) is 5.75 Å². The molecule has 0 spiro atoms. The fourth-order valence-electron chi connectivity index (χ4n) is 4.21. The monoisotopic (exact) mass is 454 g/mol. The quantitative estimate of drug-likeness (QED) is 0.455. The molecule has 7 heteroatoms. The normalized spacial score (nSPS) is 16.9. The van der Waals surface area contributed by atoms with E-state index in [0.29, 0.717) is 17.4 Å². The van der Waals surface area contributed by atoms with Crippen LogP contribution in [-0.4, -0.2) is 55.7 Å². The molecule has 1 aliphatic heterocycles. The molecule has 0 bridgehead atoms. The van der Waals surface area contributed by atoms with E-state index in [1.165, 1.54) is 23.5 Å². The molecule has 2 aromatic rings. The maximum Gasteiger partial charge on any atom is 0.241 e. The highest BCUT2D eigenvalue weighted by atomic mass is 32.1. The first-order valence-corrected chi connectivity index (χ1v) is 12.0. The van der Waals surface area contributed by atoms with E-state index in [1.807, 2.05) is 12.1 Å². The molecule has 0 aliphatic carbocycles. The SMILES string of the molecule is [C-]#[N+]c1ccc(C(C#N)(CCCN2CCN(CCOc3ccc(F)cc3)CC2)C(C)C)s1. The van der Waals surface area contributed by atoms with Gasteiger partial charge in [0.1, 0.15) is 18.2 Å². The summed E-state index contributed by atoms with van der Waals surface area (Å²) in [6, 6.07) is 12.5. The van der Waals surface area contributed by atoms with E-state index in [0.717, 1.165) is 57.0 Å². The first-order chi connectivity index (χ1) is 15.5. The molecule has 0 saturated carbocycles.